The molecule has 21 heavy (non-hydrogen) atoms. The molecule has 0 radical (unpaired) electrons. The summed E-state index contributed by atoms with van der Waals surface area (Å²) in [5.74, 6) is 1.02. The molecule has 122 valence electrons. The van der Waals surface area contributed by atoms with Crippen LogP contribution in [-0.4, -0.2) is 58.0 Å². The van der Waals surface area contributed by atoms with Gasteiger partial charge >= 0.3 is 0 Å². The highest BCUT2D eigenvalue weighted by atomic mass is 32.2. The van der Waals surface area contributed by atoms with E-state index in [0.29, 0.717) is 12.0 Å². The van der Waals surface area contributed by atoms with Gasteiger partial charge in [0.25, 0.3) is 0 Å². The van der Waals surface area contributed by atoms with E-state index in [1.165, 1.54) is 51.2 Å². The molecule has 0 amide bonds. The number of nitrogens with one attached hydrogen (secondary N) is 1. The number of hydrogen-bond acceptors (Lipinski definition) is 3. The Kier molecular flexibility index (Phi) is 5.52. The largest absolute Gasteiger partial charge is 0.355 e. The number of hydrogen-bond donors (Lipinski definition) is 1. The topological polar surface area (TPSA) is 61.8 Å². The van der Waals surface area contributed by atoms with Crippen molar-refractivity contribution in [3.05, 3.63) is 0 Å². The zero-order chi connectivity index (χ0) is 15.3. The van der Waals surface area contributed by atoms with Crippen LogP contribution in [-0.2, 0) is 9.84 Å². The summed E-state index contributed by atoms with van der Waals surface area (Å²) < 4.78 is 22.4. The molecule has 1 aliphatic carbocycles. The number of sulfone groups is 1. The van der Waals surface area contributed by atoms with E-state index < -0.39 is 9.84 Å². The Labute approximate surface area is 129 Å². The number of nitrogens with zero attached hydrogens (tertiary/aromatic N) is 2. The van der Waals surface area contributed by atoms with E-state index in [1.807, 2.05) is 0 Å². The van der Waals surface area contributed by atoms with Crippen molar-refractivity contribution in [2.24, 2.45) is 10.4 Å². The Morgan fingerprint density at radius 1 is 1.19 bits per heavy atom. The first kappa shape index (κ1) is 16.6. The van der Waals surface area contributed by atoms with Crippen molar-refractivity contribution in [2.75, 3.05) is 38.7 Å². The van der Waals surface area contributed by atoms with E-state index in [0.717, 1.165) is 19.0 Å². The molecule has 6 heteroatoms. The van der Waals surface area contributed by atoms with Crippen LogP contribution in [0.1, 0.15) is 44.9 Å². The van der Waals surface area contributed by atoms with Crippen molar-refractivity contribution >= 4 is 15.8 Å². The number of guanidine groups is 1. The van der Waals surface area contributed by atoms with Crippen LogP contribution in [0.15, 0.2) is 4.99 Å². The average Bonchev–Trinajstić information content (AvgIpc) is 2.67. The lowest BCUT2D eigenvalue weighted by Gasteiger charge is -2.29. The molecule has 2 rings (SSSR count). The Bertz CT molecular complexity index is 465. The molecule has 1 saturated carbocycles. The molecule has 0 aromatic rings. The molecule has 1 saturated heterocycles. The second-order valence-corrected chi connectivity index (χ2v) is 8.95. The zero-order valence-electron chi connectivity index (χ0n) is 13.4. The Morgan fingerprint density at radius 2 is 1.86 bits per heavy atom. The Hall–Kier alpha value is -0.780. The van der Waals surface area contributed by atoms with Gasteiger partial charge in [-0.1, -0.05) is 25.7 Å². The van der Waals surface area contributed by atoms with Gasteiger partial charge in [-0.3, -0.25) is 4.99 Å². The van der Waals surface area contributed by atoms with Crippen molar-refractivity contribution < 1.29 is 8.42 Å². The van der Waals surface area contributed by atoms with Gasteiger partial charge in [-0.05, 0) is 24.7 Å². The summed E-state index contributed by atoms with van der Waals surface area (Å²) in [5.41, 5.74) is 0.477. The maximum Gasteiger partial charge on any atom is 0.193 e. The van der Waals surface area contributed by atoms with Crippen molar-refractivity contribution in [1.82, 2.24) is 10.2 Å². The van der Waals surface area contributed by atoms with Crippen LogP contribution < -0.4 is 5.32 Å². The fourth-order valence-electron chi connectivity index (χ4n) is 3.68. The molecule has 0 atom stereocenters. The van der Waals surface area contributed by atoms with E-state index in [-0.39, 0.29) is 5.75 Å². The first-order valence-corrected chi connectivity index (χ1v) is 10.1. The molecule has 0 unspecified atom stereocenters. The molecule has 2 aliphatic rings. The highest BCUT2D eigenvalue weighted by Gasteiger charge is 2.38. The molecule has 2 fully saturated rings. The van der Waals surface area contributed by atoms with Crippen LogP contribution in [0, 0.1) is 5.41 Å². The zero-order valence-corrected chi connectivity index (χ0v) is 14.2. The SMILES string of the molecule is CN=C(NCCS(C)(=O)=O)N1CCC2(CCCCCC2)C1. The van der Waals surface area contributed by atoms with Gasteiger partial charge in [-0.15, -0.1) is 0 Å². The average molecular weight is 315 g/mol. The minimum absolute atomic E-state index is 0.158. The molecule has 1 aliphatic heterocycles. The molecule has 1 spiro atoms. The Morgan fingerprint density at radius 3 is 2.43 bits per heavy atom. The smallest absolute Gasteiger partial charge is 0.193 e. The number of rotatable bonds is 3. The van der Waals surface area contributed by atoms with Crippen LogP contribution in [0.5, 0.6) is 0 Å². The van der Waals surface area contributed by atoms with Gasteiger partial charge in [0.2, 0.25) is 0 Å². The molecular weight excluding hydrogens is 286 g/mol. The van der Waals surface area contributed by atoms with Crippen LogP contribution >= 0.6 is 0 Å². The van der Waals surface area contributed by atoms with E-state index in [4.69, 9.17) is 0 Å². The lowest BCUT2D eigenvalue weighted by Crippen LogP contribution is -2.42. The van der Waals surface area contributed by atoms with Gasteiger partial charge in [0.15, 0.2) is 5.96 Å². The highest BCUT2D eigenvalue weighted by Crippen LogP contribution is 2.42. The highest BCUT2D eigenvalue weighted by molar-refractivity contribution is 7.90. The fourth-order valence-corrected chi connectivity index (χ4v) is 4.16. The lowest BCUT2D eigenvalue weighted by molar-refractivity contribution is 0.258. The molecular formula is C15H29N3O2S. The van der Waals surface area contributed by atoms with Gasteiger partial charge in [-0.25, -0.2) is 8.42 Å². The van der Waals surface area contributed by atoms with Crippen LogP contribution in [0.4, 0.5) is 0 Å². The third-order valence-electron chi connectivity index (χ3n) is 4.87. The van der Waals surface area contributed by atoms with Crippen molar-refractivity contribution in [3.8, 4) is 0 Å². The second-order valence-electron chi connectivity index (χ2n) is 6.69. The third kappa shape index (κ3) is 4.87. The van der Waals surface area contributed by atoms with E-state index in [2.05, 4.69) is 15.2 Å². The van der Waals surface area contributed by atoms with Gasteiger partial charge in [0.05, 0.1) is 5.75 Å². The molecule has 0 bridgehead atoms. The van der Waals surface area contributed by atoms with Gasteiger partial charge in [0.1, 0.15) is 9.84 Å². The molecule has 1 N–H and O–H groups in total. The minimum atomic E-state index is -2.92. The monoisotopic (exact) mass is 315 g/mol. The summed E-state index contributed by atoms with van der Waals surface area (Å²) in [6.45, 7) is 2.55. The first-order chi connectivity index (χ1) is 9.94. The van der Waals surface area contributed by atoms with Crippen LogP contribution in [0.3, 0.4) is 0 Å². The van der Waals surface area contributed by atoms with Gasteiger partial charge in [0, 0.05) is 32.9 Å². The predicted octanol–water partition coefficient (Wildman–Crippen LogP) is 1.65. The van der Waals surface area contributed by atoms with Crippen molar-refractivity contribution in [2.45, 2.75) is 44.9 Å². The quantitative estimate of drug-likeness (QED) is 0.635. The maximum atomic E-state index is 11.2. The summed E-state index contributed by atoms with van der Waals surface area (Å²) in [6, 6.07) is 0. The lowest BCUT2D eigenvalue weighted by atomic mass is 9.80. The predicted molar refractivity (Wildman–Crippen MR) is 87.4 cm³/mol. The fraction of sp³-hybridized carbons (Fsp3) is 0.933. The third-order valence-corrected chi connectivity index (χ3v) is 5.82. The number of likely N-dealkylation sites (tertiary alicyclic amines) is 1. The van der Waals surface area contributed by atoms with E-state index >= 15 is 0 Å². The molecule has 0 aromatic carbocycles. The van der Waals surface area contributed by atoms with Crippen LogP contribution in [0.2, 0.25) is 0 Å². The normalized spacial score (nSPS) is 23.3. The van der Waals surface area contributed by atoms with Gasteiger partial charge in [-0.2, -0.15) is 0 Å². The molecule has 1 heterocycles. The standard InChI is InChI=1S/C15H29N3O2S/c1-16-14(17-10-12-21(2,19)20)18-11-9-15(13-18)7-5-3-4-6-8-15/h3-13H2,1-2H3,(H,16,17). The van der Waals surface area contributed by atoms with Gasteiger partial charge < -0.3 is 10.2 Å². The first-order valence-electron chi connectivity index (χ1n) is 8.07. The summed E-state index contributed by atoms with van der Waals surface area (Å²) in [4.78, 5) is 6.64. The second kappa shape index (κ2) is 6.99. The minimum Gasteiger partial charge on any atom is -0.355 e. The summed E-state index contributed by atoms with van der Waals surface area (Å²) in [5, 5.41) is 3.20. The van der Waals surface area contributed by atoms with Crippen molar-refractivity contribution in [3.63, 3.8) is 0 Å². The Balaban J connectivity index is 1.89. The summed E-state index contributed by atoms with van der Waals surface area (Å²) in [7, 11) is -1.14. The summed E-state index contributed by atoms with van der Waals surface area (Å²) in [6.07, 6.45) is 10.7. The number of aliphatic imine (C=N–C) groups is 1. The van der Waals surface area contributed by atoms with E-state index in [9.17, 15) is 8.42 Å². The molecule has 5 nitrogen and oxygen atoms in total. The summed E-state index contributed by atoms with van der Waals surface area (Å²) >= 11 is 0. The van der Waals surface area contributed by atoms with Crippen LogP contribution in [0.25, 0.3) is 0 Å². The maximum absolute atomic E-state index is 11.2. The van der Waals surface area contributed by atoms with Crippen molar-refractivity contribution in [1.29, 1.82) is 0 Å². The molecule has 0 aromatic heterocycles. The van der Waals surface area contributed by atoms with E-state index in [1.54, 1.807) is 7.05 Å².